The molecule has 6 rings (SSSR count). The quantitative estimate of drug-likeness (QED) is 0.188. The summed E-state index contributed by atoms with van der Waals surface area (Å²) in [6, 6.07) is 2.55. The number of likely N-dealkylation sites (tertiary alicyclic amines) is 1. The Bertz CT molecular complexity index is 1320. The van der Waals surface area contributed by atoms with Gasteiger partial charge in [-0.25, -0.2) is 9.98 Å². The Morgan fingerprint density at radius 3 is 2.59 bits per heavy atom. The zero-order valence-electron chi connectivity index (χ0n) is 22.0. The summed E-state index contributed by atoms with van der Waals surface area (Å²) in [5.74, 6) is -3.82. The predicted molar refractivity (Wildman–Crippen MR) is 140 cm³/mol. The standard InChI is InChI=1S/C26H34N8O5/c1-24(2)9-8-14-13(10-24)4-3-5-15(14)21(37)30-17-12-34-23(28)29-16(11-33-18(35)6-7-19(33)36)20-25(34,26(17,38)39)32-22(27)31-20/h3-5,16-17,20,38-39H,6-12H2,1-2H3,(H2,28,29)(H,30,37)(H3,27,31,32)/t16-,17?,20?,25?/m0/s1. The fraction of sp³-hybridized carbons (Fsp3) is 0.577. The lowest BCUT2D eigenvalue weighted by molar-refractivity contribution is -0.230. The van der Waals surface area contributed by atoms with Crippen LogP contribution in [0.15, 0.2) is 28.2 Å². The van der Waals surface area contributed by atoms with Gasteiger partial charge in [-0.3, -0.25) is 19.3 Å². The smallest absolute Gasteiger partial charge is 0.252 e. The Morgan fingerprint density at radius 2 is 1.87 bits per heavy atom. The van der Waals surface area contributed by atoms with E-state index in [2.05, 4.69) is 34.5 Å². The fourth-order valence-electron chi connectivity index (χ4n) is 6.86. The van der Waals surface area contributed by atoms with Gasteiger partial charge in [0.05, 0.1) is 12.6 Å². The Hall–Kier alpha value is -3.71. The second kappa shape index (κ2) is 8.39. The maximum atomic E-state index is 13.6. The van der Waals surface area contributed by atoms with Gasteiger partial charge < -0.3 is 37.2 Å². The van der Waals surface area contributed by atoms with E-state index in [0.29, 0.717) is 5.56 Å². The van der Waals surface area contributed by atoms with Crippen molar-refractivity contribution in [1.82, 2.24) is 20.4 Å². The number of carbonyl (C=O) groups is 3. The molecule has 8 N–H and O–H groups in total. The number of amides is 3. The number of nitrogens with zero attached hydrogens (tertiary/aromatic N) is 4. The lowest BCUT2D eigenvalue weighted by Crippen LogP contribution is -2.78. The van der Waals surface area contributed by atoms with Crippen LogP contribution < -0.4 is 22.1 Å². The first-order valence-electron chi connectivity index (χ1n) is 13.3. The molecule has 2 saturated heterocycles. The van der Waals surface area contributed by atoms with Crippen molar-refractivity contribution >= 4 is 29.6 Å². The van der Waals surface area contributed by atoms with Gasteiger partial charge in [0, 0.05) is 24.9 Å². The van der Waals surface area contributed by atoms with Crippen molar-refractivity contribution < 1.29 is 24.6 Å². The van der Waals surface area contributed by atoms with E-state index < -0.39 is 35.5 Å². The molecule has 39 heavy (non-hydrogen) atoms. The Kier molecular flexibility index (Phi) is 5.50. The number of guanidine groups is 2. The summed E-state index contributed by atoms with van der Waals surface area (Å²) in [4.78, 5) is 49.5. The molecule has 0 bridgehead atoms. The number of hydrogen-bond acceptors (Lipinski definition) is 11. The van der Waals surface area contributed by atoms with Gasteiger partial charge in [0.1, 0.15) is 12.1 Å². The third-order valence-electron chi connectivity index (χ3n) is 8.87. The number of aliphatic imine (C=N–C) groups is 2. The van der Waals surface area contributed by atoms with E-state index in [0.717, 1.165) is 35.3 Å². The summed E-state index contributed by atoms with van der Waals surface area (Å²) in [6.07, 6.45) is 2.75. The maximum Gasteiger partial charge on any atom is 0.252 e. The number of hydrogen-bond donors (Lipinski definition) is 6. The van der Waals surface area contributed by atoms with Gasteiger partial charge in [-0.1, -0.05) is 26.0 Å². The van der Waals surface area contributed by atoms with E-state index in [4.69, 9.17) is 11.5 Å². The summed E-state index contributed by atoms with van der Waals surface area (Å²) in [7, 11) is 0. The molecular weight excluding hydrogens is 504 g/mol. The van der Waals surface area contributed by atoms with Crippen LogP contribution >= 0.6 is 0 Å². The summed E-state index contributed by atoms with van der Waals surface area (Å²) in [5, 5.41) is 29.1. The van der Waals surface area contributed by atoms with Gasteiger partial charge in [0.25, 0.3) is 5.91 Å². The zero-order valence-corrected chi connectivity index (χ0v) is 22.0. The van der Waals surface area contributed by atoms with Crippen LogP contribution in [-0.4, -0.2) is 92.3 Å². The molecule has 4 heterocycles. The van der Waals surface area contributed by atoms with Crippen molar-refractivity contribution in [2.45, 2.75) is 75.5 Å². The molecule has 1 spiro atoms. The van der Waals surface area contributed by atoms with Crippen LogP contribution in [0.25, 0.3) is 0 Å². The molecule has 4 atom stereocenters. The number of imide groups is 1. The van der Waals surface area contributed by atoms with Crippen LogP contribution in [0.2, 0.25) is 0 Å². The van der Waals surface area contributed by atoms with Crippen molar-refractivity contribution in [2.75, 3.05) is 13.1 Å². The van der Waals surface area contributed by atoms with Crippen LogP contribution in [0.4, 0.5) is 0 Å². The average Bonchev–Trinajstić information content (AvgIpc) is 3.45. The lowest BCUT2D eigenvalue weighted by atomic mass is 9.73. The van der Waals surface area contributed by atoms with E-state index in [1.54, 1.807) is 6.07 Å². The largest absolute Gasteiger partial charge is 0.370 e. The molecule has 4 aliphatic heterocycles. The number of aliphatic hydroxyl groups is 2. The van der Waals surface area contributed by atoms with Crippen LogP contribution in [-0.2, 0) is 22.4 Å². The first-order valence-corrected chi connectivity index (χ1v) is 13.3. The van der Waals surface area contributed by atoms with Crippen molar-refractivity contribution in [3.8, 4) is 0 Å². The van der Waals surface area contributed by atoms with E-state index >= 15 is 0 Å². The van der Waals surface area contributed by atoms with E-state index in [9.17, 15) is 24.6 Å². The first-order chi connectivity index (χ1) is 18.3. The van der Waals surface area contributed by atoms with Crippen molar-refractivity contribution in [3.05, 3.63) is 34.9 Å². The number of nitrogens with one attached hydrogen (secondary N) is 2. The molecule has 1 aliphatic carbocycles. The number of carbonyl (C=O) groups excluding carboxylic acids is 3. The van der Waals surface area contributed by atoms with Crippen molar-refractivity contribution in [2.24, 2.45) is 26.9 Å². The normalized spacial score (nSPS) is 32.2. The first kappa shape index (κ1) is 25.6. The number of benzene rings is 1. The minimum Gasteiger partial charge on any atom is -0.370 e. The third kappa shape index (κ3) is 3.70. The summed E-state index contributed by atoms with van der Waals surface area (Å²) < 4.78 is 0. The molecule has 3 unspecified atom stereocenters. The molecular formula is C26H34N8O5. The molecule has 3 amide bonds. The molecule has 13 heteroatoms. The number of rotatable bonds is 4. The second-order valence-electron chi connectivity index (χ2n) is 12.0. The SMILES string of the molecule is CC1(C)CCc2c(cccc2C(=O)NC2CN3C(N)=N[C@@H](CN4C(=O)CCC4=O)C4N=C(N)NC43C2(O)O)C1. The molecule has 0 radical (unpaired) electrons. The van der Waals surface area contributed by atoms with Crippen molar-refractivity contribution in [3.63, 3.8) is 0 Å². The highest BCUT2D eigenvalue weighted by molar-refractivity contribution is 6.02. The van der Waals surface area contributed by atoms with Gasteiger partial charge in [0.15, 0.2) is 17.6 Å². The summed E-state index contributed by atoms with van der Waals surface area (Å²) in [5.41, 5.74) is 13.3. The zero-order chi connectivity index (χ0) is 27.9. The van der Waals surface area contributed by atoms with Crippen LogP contribution in [0.5, 0.6) is 0 Å². The topological polar surface area (TPSA) is 199 Å². The highest BCUT2D eigenvalue weighted by Gasteiger charge is 2.73. The Balaban J connectivity index is 1.30. The van der Waals surface area contributed by atoms with Gasteiger partial charge in [-0.2, -0.15) is 0 Å². The lowest BCUT2D eigenvalue weighted by Gasteiger charge is -2.49. The minimum absolute atomic E-state index is 0.0451. The molecule has 0 saturated carbocycles. The molecule has 13 nitrogen and oxygen atoms in total. The van der Waals surface area contributed by atoms with Gasteiger partial charge in [0.2, 0.25) is 17.6 Å². The van der Waals surface area contributed by atoms with Crippen LogP contribution in [0, 0.1) is 5.41 Å². The van der Waals surface area contributed by atoms with Crippen LogP contribution in [0.1, 0.15) is 54.6 Å². The molecule has 2 fully saturated rings. The highest BCUT2D eigenvalue weighted by atomic mass is 16.5. The molecule has 1 aromatic carbocycles. The predicted octanol–water partition coefficient (Wildman–Crippen LogP) is -1.87. The number of fused-ring (bicyclic) bond motifs is 1. The van der Waals surface area contributed by atoms with E-state index in [1.165, 1.54) is 4.90 Å². The third-order valence-corrected chi connectivity index (χ3v) is 8.87. The average molecular weight is 539 g/mol. The van der Waals surface area contributed by atoms with E-state index in [1.807, 2.05) is 12.1 Å². The second-order valence-corrected chi connectivity index (χ2v) is 12.0. The fourth-order valence-corrected chi connectivity index (χ4v) is 6.86. The maximum absolute atomic E-state index is 13.6. The monoisotopic (exact) mass is 538 g/mol. The summed E-state index contributed by atoms with van der Waals surface area (Å²) >= 11 is 0. The Morgan fingerprint density at radius 1 is 1.15 bits per heavy atom. The van der Waals surface area contributed by atoms with Gasteiger partial charge in [-0.15, -0.1) is 0 Å². The molecule has 208 valence electrons. The van der Waals surface area contributed by atoms with Gasteiger partial charge in [-0.05, 0) is 41.9 Å². The summed E-state index contributed by atoms with van der Waals surface area (Å²) in [6.45, 7) is 4.19. The Labute approximate surface area is 225 Å². The molecule has 5 aliphatic rings. The minimum atomic E-state index is -2.60. The van der Waals surface area contributed by atoms with Gasteiger partial charge >= 0.3 is 0 Å². The molecule has 0 aromatic heterocycles. The number of nitrogens with two attached hydrogens (primary N) is 2. The highest BCUT2D eigenvalue weighted by Crippen LogP contribution is 2.45. The molecule has 1 aromatic rings. The van der Waals surface area contributed by atoms with Crippen molar-refractivity contribution in [1.29, 1.82) is 0 Å². The van der Waals surface area contributed by atoms with E-state index in [-0.39, 0.29) is 55.1 Å². The van der Waals surface area contributed by atoms with Crippen LogP contribution in [0.3, 0.4) is 0 Å².